The van der Waals surface area contributed by atoms with E-state index in [9.17, 15) is 4.79 Å². The van der Waals surface area contributed by atoms with Crippen LogP contribution in [0.4, 0.5) is 0 Å². The summed E-state index contributed by atoms with van der Waals surface area (Å²) in [4.78, 5) is 16.7. The van der Waals surface area contributed by atoms with Gasteiger partial charge in [0.1, 0.15) is 9.48 Å². The molecule has 2 rings (SSSR count). The number of hydrogen-bond donors (Lipinski definition) is 1. The van der Waals surface area contributed by atoms with Crippen LogP contribution in [-0.4, -0.2) is 16.9 Å². The van der Waals surface area contributed by atoms with Crippen molar-refractivity contribution in [3.63, 3.8) is 0 Å². The molecule has 1 saturated carbocycles. The fraction of sp³-hybridized carbons (Fsp3) is 0.667. The van der Waals surface area contributed by atoms with Crippen molar-refractivity contribution in [3.05, 3.63) is 15.0 Å². The van der Waals surface area contributed by atoms with Gasteiger partial charge in [0.25, 0.3) is 5.91 Å². The predicted octanol–water partition coefficient (Wildman–Crippen LogP) is 3.75. The van der Waals surface area contributed by atoms with E-state index in [1.54, 1.807) is 5.51 Å². The topological polar surface area (TPSA) is 42.0 Å². The Balaban J connectivity index is 1.91. The maximum absolute atomic E-state index is 12.0. The van der Waals surface area contributed by atoms with E-state index in [2.05, 4.69) is 26.2 Å². The van der Waals surface area contributed by atoms with Crippen molar-refractivity contribution in [2.75, 3.05) is 0 Å². The van der Waals surface area contributed by atoms with Gasteiger partial charge in [0.05, 0.1) is 5.51 Å². The molecule has 0 aromatic carbocycles. The van der Waals surface area contributed by atoms with Crippen LogP contribution in [0, 0.1) is 0 Å². The molecule has 1 aliphatic rings. The Bertz CT molecular complexity index is 372. The Hall–Kier alpha value is -0.420. The number of carbonyl (C=O) groups excluding carboxylic acids is 1. The van der Waals surface area contributed by atoms with E-state index in [0.717, 1.165) is 12.8 Å². The second kappa shape index (κ2) is 6.50. The smallest absolute Gasteiger partial charge is 0.264 e. The molecule has 1 heterocycles. The number of aromatic nitrogens is 1. The lowest BCUT2D eigenvalue weighted by Gasteiger charge is -2.20. The maximum Gasteiger partial charge on any atom is 0.264 e. The van der Waals surface area contributed by atoms with Gasteiger partial charge in [-0.25, -0.2) is 4.98 Å². The van der Waals surface area contributed by atoms with E-state index >= 15 is 0 Å². The summed E-state index contributed by atoms with van der Waals surface area (Å²) in [6.45, 7) is 0. The van der Waals surface area contributed by atoms with Gasteiger partial charge in [-0.05, 0) is 28.8 Å². The van der Waals surface area contributed by atoms with Gasteiger partial charge in [0, 0.05) is 6.04 Å². The molecule has 1 fully saturated rings. The highest BCUT2D eigenvalue weighted by molar-refractivity contribution is 9.10. The number of rotatable bonds is 2. The summed E-state index contributed by atoms with van der Waals surface area (Å²) in [6, 6.07) is 0.344. The quantitative estimate of drug-likeness (QED) is 0.902. The second-order valence-electron chi connectivity index (χ2n) is 4.49. The summed E-state index contributed by atoms with van der Waals surface area (Å²) in [5, 5.41) is 3.13. The van der Waals surface area contributed by atoms with E-state index in [4.69, 9.17) is 0 Å². The molecule has 0 saturated heterocycles. The SMILES string of the molecule is O=C(NC1CCCCCCC1)c1scnc1Br. The van der Waals surface area contributed by atoms with Crippen molar-refractivity contribution in [1.29, 1.82) is 0 Å². The molecule has 0 atom stereocenters. The Kier molecular flexibility index (Phi) is 4.98. The minimum Gasteiger partial charge on any atom is -0.349 e. The fourth-order valence-electron chi connectivity index (χ4n) is 2.23. The number of halogens is 1. The van der Waals surface area contributed by atoms with E-state index in [0.29, 0.717) is 15.5 Å². The van der Waals surface area contributed by atoms with Crippen LogP contribution in [0.2, 0.25) is 0 Å². The van der Waals surface area contributed by atoms with Crippen LogP contribution < -0.4 is 5.32 Å². The molecule has 1 aromatic heterocycles. The van der Waals surface area contributed by atoms with E-state index in [1.807, 2.05) is 0 Å². The van der Waals surface area contributed by atoms with Crippen LogP contribution in [0.3, 0.4) is 0 Å². The Morgan fingerprint density at radius 1 is 1.29 bits per heavy atom. The summed E-state index contributed by atoms with van der Waals surface area (Å²) >= 11 is 4.68. The predicted molar refractivity (Wildman–Crippen MR) is 73.4 cm³/mol. The van der Waals surface area contributed by atoms with Crippen LogP contribution in [0.15, 0.2) is 10.1 Å². The molecule has 1 aromatic rings. The van der Waals surface area contributed by atoms with Crippen molar-refractivity contribution >= 4 is 33.2 Å². The van der Waals surface area contributed by atoms with Crippen LogP contribution in [0.1, 0.15) is 54.6 Å². The zero-order valence-corrected chi connectivity index (χ0v) is 12.1. The first-order valence-corrected chi connectivity index (χ1v) is 7.84. The number of nitrogens with one attached hydrogen (secondary N) is 1. The fourth-order valence-corrected chi connectivity index (χ4v) is 3.51. The third-order valence-corrected chi connectivity index (χ3v) is 4.86. The van der Waals surface area contributed by atoms with Gasteiger partial charge >= 0.3 is 0 Å². The third kappa shape index (κ3) is 3.78. The molecule has 3 nitrogen and oxygen atoms in total. The highest BCUT2D eigenvalue weighted by Crippen LogP contribution is 2.21. The average molecular weight is 317 g/mol. The van der Waals surface area contributed by atoms with Gasteiger partial charge in [-0.1, -0.05) is 32.1 Å². The second-order valence-corrected chi connectivity index (χ2v) is 6.09. The van der Waals surface area contributed by atoms with Crippen molar-refractivity contribution in [3.8, 4) is 0 Å². The first kappa shape index (κ1) is 13.0. The number of thiazole rings is 1. The lowest BCUT2D eigenvalue weighted by atomic mass is 9.97. The molecule has 1 N–H and O–H groups in total. The first-order valence-electron chi connectivity index (χ1n) is 6.17. The van der Waals surface area contributed by atoms with Crippen molar-refractivity contribution in [2.45, 2.75) is 51.0 Å². The normalized spacial score (nSPS) is 18.4. The molecule has 0 radical (unpaired) electrons. The standard InChI is InChI=1S/C12H17BrN2OS/c13-11-10(17-8-14-11)12(16)15-9-6-4-2-1-3-5-7-9/h8-9H,1-7H2,(H,15,16). The zero-order valence-electron chi connectivity index (χ0n) is 9.75. The highest BCUT2D eigenvalue weighted by atomic mass is 79.9. The molecule has 94 valence electrons. The molecule has 17 heavy (non-hydrogen) atoms. The van der Waals surface area contributed by atoms with Gasteiger partial charge < -0.3 is 5.32 Å². The summed E-state index contributed by atoms with van der Waals surface area (Å²) in [5.41, 5.74) is 1.69. The van der Waals surface area contributed by atoms with Gasteiger partial charge in [-0.2, -0.15) is 0 Å². The minimum atomic E-state index is 0.0185. The molecule has 1 aliphatic carbocycles. The average Bonchev–Trinajstić information content (AvgIpc) is 2.68. The monoisotopic (exact) mass is 316 g/mol. The molecule has 0 unspecified atom stereocenters. The van der Waals surface area contributed by atoms with Gasteiger partial charge in [-0.3, -0.25) is 4.79 Å². The van der Waals surface area contributed by atoms with Crippen LogP contribution in [0.25, 0.3) is 0 Å². The van der Waals surface area contributed by atoms with Gasteiger partial charge in [-0.15, -0.1) is 11.3 Å². The number of amides is 1. The zero-order chi connectivity index (χ0) is 12.1. The number of carbonyl (C=O) groups is 1. The molecule has 0 bridgehead atoms. The molecule has 0 aliphatic heterocycles. The largest absolute Gasteiger partial charge is 0.349 e. The molecular formula is C12H17BrN2OS. The van der Waals surface area contributed by atoms with E-state index < -0.39 is 0 Å². The van der Waals surface area contributed by atoms with Gasteiger partial charge in [0.15, 0.2) is 0 Å². The summed E-state index contributed by atoms with van der Waals surface area (Å²) in [7, 11) is 0. The Labute approximate surface area is 114 Å². The van der Waals surface area contributed by atoms with Crippen molar-refractivity contribution in [1.82, 2.24) is 10.3 Å². The van der Waals surface area contributed by atoms with Crippen LogP contribution in [0.5, 0.6) is 0 Å². The molecular weight excluding hydrogens is 300 g/mol. The lowest BCUT2D eigenvalue weighted by molar-refractivity contribution is 0.0933. The van der Waals surface area contributed by atoms with Crippen LogP contribution >= 0.6 is 27.3 Å². The molecule has 0 spiro atoms. The van der Waals surface area contributed by atoms with Crippen LogP contribution in [-0.2, 0) is 0 Å². The summed E-state index contributed by atoms with van der Waals surface area (Å²) in [5.74, 6) is 0.0185. The number of hydrogen-bond acceptors (Lipinski definition) is 3. The Morgan fingerprint density at radius 3 is 2.53 bits per heavy atom. The highest BCUT2D eigenvalue weighted by Gasteiger charge is 2.18. The van der Waals surface area contributed by atoms with E-state index in [-0.39, 0.29) is 5.91 Å². The molecule has 1 amide bonds. The summed E-state index contributed by atoms with van der Waals surface area (Å²) in [6.07, 6.45) is 8.64. The first-order chi connectivity index (χ1) is 8.27. The van der Waals surface area contributed by atoms with Gasteiger partial charge in [0.2, 0.25) is 0 Å². The number of nitrogens with zero attached hydrogens (tertiary/aromatic N) is 1. The summed E-state index contributed by atoms with van der Waals surface area (Å²) < 4.78 is 0.658. The van der Waals surface area contributed by atoms with E-state index in [1.165, 1.54) is 43.4 Å². The lowest BCUT2D eigenvalue weighted by Crippen LogP contribution is -2.35. The Morgan fingerprint density at radius 2 is 1.94 bits per heavy atom. The minimum absolute atomic E-state index is 0.0185. The van der Waals surface area contributed by atoms with Crippen molar-refractivity contribution < 1.29 is 4.79 Å². The maximum atomic E-state index is 12.0. The molecule has 5 heteroatoms. The third-order valence-electron chi connectivity index (χ3n) is 3.17. The van der Waals surface area contributed by atoms with Crippen molar-refractivity contribution in [2.24, 2.45) is 0 Å².